The van der Waals surface area contributed by atoms with E-state index in [4.69, 9.17) is 0 Å². The van der Waals surface area contributed by atoms with Gasteiger partial charge < -0.3 is 0 Å². The maximum atomic E-state index is 12.6. The van der Waals surface area contributed by atoms with E-state index in [1.165, 1.54) is 0 Å². The molecule has 136 valence electrons. The molecular weight excluding hydrogens is 334 g/mol. The van der Waals surface area contributed by atoms with Crippen LogP contribution in [0.5, 0.6) is 0 Å². The first-order valence-electron chi connectivity index (χ1n) is 9.21. The fraction of sp³-hybridized carbons (Fsp3) is 0.261. The average Bonchev–Trinajstić information content (AvgIpc) is 2.70. The highest BCUT2D eigenvalue weighted by atomic mass is 16.2. The third-order valence-corrected chi connectivity index (χ3v) is 4.56. The molecule has 0 fully saturated rings. The van der Waals surface area contributed by atoms with Crippen LogP contribution in [0.4, 0.5) is 5.69 Å². The summed E-state index contributed by atoms with van der Waals surface area (Å²) >= 11 is 0. The standard InChI is InChI=1S/C23H23N3O/c1-17(2)8-11-23(27)26(14-12-24)21-7-3-5-19(15-21)20-10-9-18-6-4-13-25-22(18)16-20/h3-7,9-10,13,15-17H,8,11,14H2,1-2H3. The number of nitriles is 1. The second-order valence-corrected chi connectivity index (χ2v) is 7.03. The van der Waals surface area contributed by atoms with Crippen molar-refractivity contribution in [2.24, 2.45) is 5.92 Å². The van der Waals surface area contributed by atoms with Crippen molar-refractivity contribution in [1.29, 1.82) is 5.26 Å². The fourth-order valence-electron chi connectivity index (χ4n) is 3.04. The molecule has 0 aliphatic rings. The quantitative estimate of drug-likeness (QED) is 0.570. The highest BCUT2D eigenvalue weighted by molar-refractivity contribution is 5.94. The van der Waals surface area contributed by atoms with Crippen LogP contribution in [0.15, 0.2) is 60.8 Å². The Morgan fingerprint density at radius 3 is 2.70 bits per heavy atom. The molecule has 3 rings (SSSR count). The summed E-state index contributed by atoms with van der Waals surface area (Å²) in [5, 5.41) is 10.3. The van der Waals surface area contributed by atoms with Crippen molar-refractivity contribution >= 4 is 22.5 Å². The molecule has 1 heterocycles. The zero-order chi connectivity index (χ0) is 19.2. The second kappa shape index (κ2) is 8.46. The molecule has 0 radical (unpaired) electrons. The summed E-state index contributed by atoms with van der Waals surface area (Å²) in [4.78, 5) is 18.6. The van der Waals surface area contributed by atoms with Crippen LogP contribution in [0.3, 0.4) is 0 Å². The van der Waals surface area contributed by atoms with Crippen molar-refractivity contribution in [3.8, 4) is 17.2 Å². The summed E-state index contributed by atoms with van der Waals surface area (Å²) in [6.07, 6.45) is 3.05. The van der Waals surface area contributed by atoms with Gasteiger partial charge in [-0.05, 0) is 47.7 Å². The molecule has 0 unspecified atom stereocenters. The van der Waals surface area contributed by atoms with E-state index in [1.807, 2.05) is 48.5 Å². The molecule has 1 aromatic heterocycles. The summed E-state index contributed by atoms with van der Waals surface area (Å²) in [6, 6.07) is 20.0. The van der Waals surface area contributed by atoms with Crippen LogP contribution < -0.4 is 4.90 Å². The Morgan fingerprint density at radius 2 is 1.93 bits per heavy atom. The largest absolute Gasteiger partial charge is 0.299 e. The van der Waals surface area contributed by atoms with Gasteiger partial charge in [-0.3, -0.25) is 14.7 Å². The number of benzene rings is 2. The van der Waals surface area contributed by atoms with E-state index in [-0.39, 0.29) is 12.5 Å². The van der Waals surface area contributed by atoms with Crippen LogP contribution in [0.25, 0.3) is 22.0 Å². The number of hydrogen-bond donors (Lipinski definition) is 0. The lowest BCUT2D eigenvalue weighted by Gasteiger charge is -2.21. The Bertz CT molecular complexity index is 988. The molecule has 0 bridgehead atoms. The lowest BCUT2D eigenvalue weighted by atomic mass is 10.0. The molecule has 1 amide bonds. The molecule has 0 saturated carbocycles. The summed E-state index contributed by atoms with van der Waals surface area (Å²) in [5.74, 6) is 0.442. The number of amides is 1. The molecule has 2 aromatic carbocycles. The molecule has 0 N–H and O–H groups in total. The Balaban J connectivity index is 1.92. The van der Waals surface area contributed by atoms with E-state index in [0.717, 1.165) is 34.1 Å². The third-order valence-electron chi connectivity index (χ3n) is 4.56. The van der Waals surface area contributed by atoms with E-state index in [9.17, 15) is 10.1 Å². The monoisotopic (exact) mass is 357 g/mol. The van der Waals surface area contributed by atoms with E-state index in [1.54, 1.807) is 11.1 Å². The number of hydrogen-bond acceptors (Lipinski definition) is 3. The molecule has 0 atom stereocenters. The smallest absolute Gasteiger partial charge is 0.227 e. The molecule has 4 heteroatoms. The third kappa shape index (κ3) is 4.51. The molecule has 0 aliphatic heterocycles. The molecular formula is C23H23N3O. The number of anilines is 1. The Labute approximate surface area is 160 Å². The van der Waals surface area contributed by atoms with Gasteiger partial charge in [-0.25, -0.2) is 0 Å². The van der Waals surface area contributed by atoms with Gasteiger partial charge in [-0.1, -0.05) is 44.2 Å². The van der Waals surface area contributed by atoms with Crippen LogP contribution in [0.2, 0.25) is 0 Å². The molecule has 0 aliphatic carbocycles. The number of fused-ring (bicyclic) bond motifs is 1. The van der Waals surface area contributed by atoms with Crippen LogP contribution in [-0.2, 0) is 4.79 Å². The topological polar surface area (TPSA) is 57.0 Å². The van der Waals surface area contributed by atoms with Gasteiger partial charge in [-0.2, -0.15) is 5.26 Å². The van der Waals surface area contributed by atoms with Crippen molar-refractivity contribution in [3.63, 3.8) is 0 Å². The number of nitrogens with zero attached hydrogens (tertiary/aromatic N) is 3. The average molecular weight is 357 g/mol. The van der Waals surface area contributed by atoms with Gasteiger partial charge in [0.25, 0.3) is 0 Å². The normalized spacial score (nSPS) is 10.7. The predicted molar refractivity (Wildman–Crippen MR) is 109 cm³/mol. The zero-order valence-corrected chi connectivity index (χ0v) is 15.7. The summed E-state index contributed by atoms with van der Waals surface area (Å²) in [7, 11) is 0. The predicted octanol–water partition coefficient (Wildman–Crippen LogP) is 5.19. The zero-order valence-electron chi connectivity index (χ0n) is 15.7. The number of pyridine rings is 1. The minimum Gasteiger partial charge on any atom is -0.299 e. The SMILES string of the molecule is CC(C)CCC(=O)N(CC#N)c1cccc(-c2ccc3cccnc3c2)c1. The summed E-state index contributed by atoms with van der Waals surface area (Å²) in [6.45, 7) is 4.24. The van der Waals surface area contributed by atoms with E-state index >= 15 is 0 Å². The van der Waals surface area contributed by atoms with Crippen LogP contribution >= 0.6 is 0 Å². The maximum absolute atomic E-state index is 12.6. The van der Waals surface area contributed by atoms with Gasteiger partial charge in [0.2, 0.25) is 5.91 Å². The van der Waals surface area contributed by atoms with E-state index in [2.05, 4.69) is 31.0 Å². The number of carbonyl (C=O) groups excluding carboxylic acids is 1. The van der Waals surface area contributed by atoms with Gasteiger partial charge in [0.05, 0.1) is 11.6 Å². The summed E-state index contributed by atoms with van der Waals surface area (Å²) in [5.41, 5.74) is 3.72. The van der Waals surface area contributed by atoms with Gasteiger partial charge in [0, 0.05) is 23.7 Å². The molecule has 3 aromatic rings. The van der Waals surface area contributed by atoms with Gasteiger partial charge >= 0.3 is 0 Å². The number of carbonyl (C=O) groups is 1. The van der Waals surface area contributed by atoms with Gasteiger partial charge in [0.15, 0.2) is 0 Å². The second-order valence-electron chi connectivity index (χ2n) is 7.03. The summed E-state index contributed by atoms with van der Waals surface area (Å²) < 4.78 is 0. The van der Waals surface area contributed by atoms with Gasteiger partial charge in [0.1, 0.15) is 6.54 Å². The van der Waals surface area contributed by atoms with E-state index < -0.39 is 0 Å². The van der Waals surface area contributed by atoms with Gasteiger partial charge in [-0.15, -0.1) is 0 Å². The minimum atomic E-state index is -0.0115. The van der Waals surface area contributed by atoms with Crippen molar-refractivity contribution in [2.45, 2.75) is 26.7 Å². The molecule has 0 saturated heterocycles. The first kappa shape index (κ1) is 18.6. The lowest BCUT2D eigenvalue weighted by Crippen LogP contribution is -2.31. The Kier molecular flexibility index (Phi) is 5.83. The van der Waals surface area contributed by atoms with Crippen LogP contribution in [0, 0.1) is 17.2 Å². The van der Waals surface area contributed by atoms with Crippen molar-refractivity contribution in [1.82, 2.24) is 4.98 Å². The van der Waals surface area contributed by atoms with Crippen molar-refractivity contribution in [3.05, 3.63) is 60.8 Å². The highest BCUT2D eigenvalue weighted by Gasteiger charge is 2.16. The first-order valence-corrected chi connectivity index (χ1v) is 9.21. The number of rotatable bonds is 6. The molecule has 4 nitrogen and oxygen atoms in total. The molecule has 0 spiro atoms. The number of aromatic nitrogens is 1. The van der Waals surface area contributed by atoms with E-state index in [0.29, 0.717) is 12.3 Å². The van der Waals surface area contributed by atoms with Crippen molar-refractivity contribution < 1.29 is 4.79 Å². The molecule has 27 heavy (non-hydrogen) atoms. The van der Waals surface area contributed by atoms with Crippen molar-refractivity contribution in [2.75, 3.05) is 11.4 Å². The van der Waals surface area contributed by atoms with Crippen LogP contribution in [-0.4, -0.2) is 17.4 Å². The fourth-order valence-corrected chi connectivity index (χ4v) is 3.04. The lowest BCUT2D eigenvalue weighted by molar-refractivity contribution is -0.118. The highest BCUT2D eigenvalue weighted by Crippen LogP contribution is 2.27. The Morgan fingerprint density at radius 1 is 1.11 bits per heavy atom. The maximum Gasteiger partial charge on any atom is 0.227 e. The minimum absolute atomic E-state index is 0.0115. The first-order chi connectivity index (χ1) is 13.1. The Hall–Kier alpha value is -3.19. The van der Waals surface area contributed by atoms with Crippen LogP contribution in [0.1, 0.15) is 26.7 Å².